The van der Waals surface area contributed by atoms with E-state index < -0.39 is 17.8 Å². The Balaban J connectivity index is 4.15. The molecular formula is C23H39NO4. The van der Waals surface area contributed by atoms with Gasteiger partial charge in [0.15, 0.2) is 0 Å². The van der Waals surface area contributed by atoms with Gasteiger partial charge in [0.1, 0.15) is 0 Å². The number of allylic oxidation sites excluding steroid dienone is 6. The maximum absolute atomic E-state index is 11.5. The molecule has 28 heavy (non-hydrogen) atoms. The van der Waals surface area contributed by atoms with Gasteiger partial charge in [-0.15, -0.1) is 0 Å². The van der Waals surface area contributed by atoms with E-state index in [1.54, 1.807) is 32.3 Å². The van der Waals surface area contributed by atoms with Crippen LogP contribution in [0.1, 0.15) is 58.8 Å². The molecule has 0 saturated heterocycles. The van der Waals surface area contributed by atoms with Crippen LogP contribution in [0.3, 0.4) is 0 Å². The summed E-state index contributed by atoms with van der Waals surface area (Å²) < 4.78 is 0. The molecule has 0 rings (SSSR count). The molecule has 0 aliphatic rings. The molecule has 3 atom stereocenters. The highest BCUT2D eigenvalue weighted by atomic mass is 16.3. The first-order valence-electron chi connectivity index (χ1n) is 10.2. The monoisotopic (exact) mass is 393 g/mol. The predicted molar refractivity (Wildman–Crippen MR) is 116 cm³/mol. The highest BCUT2D eigenvalue weighted by Gasteiger charge is 2.14. The fourth-order valence-electron chi connectivity index (χ4n) is 2.50. The second kappa shape index (κ2) is 15.3. The molecule has 0 unspecified atom stereocenters. The number of hydrogen-bond acceptors (Lipinski definition) is 4. The Morgan fingerprint density at radius 1 is 1.00 bits per heavy atom. The summed E-state index contributed by atoms with van der Waals surface area (Å²) in [5.74, 6) is 0.0171. The molecule has 0 aromatic heterocycles. The van der Waals surface area contributed by atoms with Crippen LogP contribution in [0, 0.1) is 0 Å². The van der Waals surface area contributed by atoms with Crippen molar-refractivity contribution in [2.24, 2.45) is 0 Å². The number of unbranched alkanes of at least 4 members (excludes halogenated alkanes) is 2. The third-order valence-corrected chi connectivity index (χ3v) is 4.39. The van der Waals surface area contributed by atoms with Crippen molar-refractivity contribution in [2.45, 2.75) is 76.6 Å². The number of nitrogens with zero attached hydrogens (tertiary/aromatic N) is 1. The Morgan fingerprint density at radius 3 is 2.21 bits per heavy atom. The molecule has 160 valence electrons. The number of carbonyl (C=O) groups is 1. The van der Waals surface area contributed by atoms with Gasteiger partial charge in [0.2, 0.25) is 5.91 Å². The van der Waals surface area contributed by atoms with Crippen LogP contribution in [0.5, 0.6) is 0 Å². The molecule has 5 nitrogen and oxygen atoms in total. The van der Waals surface area contributed by atoms with E-state index in [1.807, 2.05) is 31.2 Å². The number of hydrogen-bond donors (Lipinski definition) is 3. The summed E-state index contributed by atoms with van der Waals surface area (Å²) in [7, 11) is 3.39. The molecular weight excluding hydrogens is 354 g/mol. The van der Waals surface area contributed by atoms with Gasteiger partial charge >= 0.3 is 0 Å². The van der Waals surface area contributed by atoms with Gasteiger partial charge in [-0.2, -0.15) is 0 Å². The number of aliphatic hydroxyl groups excluding tert-OH is 2. The fraction of sp³-hybridized carbons (Fsp3) is 0.609. The lowest BCUT2D eigenvalue weighted by molar-refractivity contribution is -0.128. The van der Waals surface area contributed by atoms with Crippen LogP contribution in [0.15, 0.2) is 48.6 Å². The zero-order chi connectivity index (χ0) is 21.4. The van der Waals surface area contributed by atoms with E-state index in [-0.39, 0.29) is 5.91 Å². The number of amides is 1. The first-order valence-corrected chi connectivity index (χ1v) is 10.2. The quantitative estimate of drug-likeness (QED) is 0.312. The first kappa shape index (κ1) is 26.3. The van der Waals surface area contributed by atoms with Gasteiger partial charge in [0, 0.05) is 20.5 Å². The number of rotatable bonds is 14. The van der Waals surface area contributed by atoms with Gasteiger partial charge in [-0.1, -0.05) is 74.8 Å². The third kappa shape index (κ3) is 14.4. The van der Waals surface area contributed by atoms with Crippen LogP contribution >= 0.6 is 0 Å². The summed E-state index contributed by atoms with van der Waals surface area (Å²) in [6.07, 6.45) is 17.5. The van der Waals surface area contributed by atoms with Gasteiger partial charge in [-0.3, -0.25) is 4.79 Å². The van der Waals surface area contributed by atoms with Gasteiger partial charge in [-0.25, -0.2) is 0 Å². The smallest absolute Gasteiger partial charge is 0.222 e. The van der Waals surface area contributed by atoms with Crippen LogP contribution in [0.25, 0.3) is 0 Å². The molecule has 0 radical (unpaired) electrons. The summed E-state index contributed by atoms with van der Waals surface area (Å²) in [6.45, 7) is 3.96. The Kier molecular flexibility index (Phi) is 14.3. The molecule has 0 bridgehead atoms. The minimum absolute atomic E-state index is 0.0171. The van der Waals surface area contributed by atoms with Crippen LogP contribution in [-0.4, -0.2) is 58.0 Å². The van der Waals surface area contributed by atoms with Crippen molar-refractivity contribution in [3.05, 3.63) is 48.6 Å². The van der Waals surface area contributed by atoms with Crippen molar-refractivity contribution in [2.75, 3.05) is 14.1 Å². The van der Waals surface area contributed by atoms with Gasteiger partial charge in [-0.05, 0) is 26.2 Å². The lowest BCUT2D eigenvalue weighted by Gasteiger charge is -2.18. The molecule has 0 fully saturated rings. The molecule has 0 aromatic rings. The Morgan fingerprint density at radius 2 is 1.61 bits per heavy atom. The van der Waals surface area contributed by atoms with Gasteiger partial charge < -0.3 is 20.2 Å². The summed E-state index contributed by atoms with van der Waals surface area (Å²) in [5, 5.41) is 30.0. The van der Waals surface area contributed by atoms with E-state index >= 15 is 0 Å². The van der Waals surface area contributed by atoms with Gasteiger partial charge in [0.25, 0.3) is 0 Å². The van der Waals surface area contributed by atoms with E-state index in [9.17, 15) is 20.1 Å². The summed E-state index contributed by atoms with van der Waals surface area (Å²) in [6, 6.07) is 0. The van der Waals surface area contributed by atoms with Crippen LogP contribution in [0.4, 0.5) is 0 Å². The lowest BCUT2D eigenvalue weighted by atomic mass is 9.98. The van der Waals surface area contributed by atoms with Crippen LogP contribution < -0.4 is 0 Å². The molecule has 0 heterocycles. The molecule has 5 heteroatoms. The summed E-state index contributed by atoms with van der Waals surface area (Å²) in [4.78, 5) is 13.0. The highest BCUT2D eigenvalue weighted by Crippen LogP contribution is 2.16. The number of carbonyl (C=O) groups excluding carboxylic acids is 1. The summed E-state index contributed by atoms with van der Waals surface area (Å²) >= 11 is 0. The summed E-state index contributed by atoms with van der Waals surface area (Å²) in [5.41, 5.74) is -0.777. The Bertz CT molecular complexity index is 533. The van der Waals surface area contributed by atoms with Crippen molar-refractivity contribution in [3.63, 3.8) is 0 Å². The minimum Gasteiger partial charge on any atom is -0.390 e. The van der Waals surface area contributed by atoms with E-state index in [4.69, 9.17) is 0 Å². The molecule has 0 aromatic carbocycles. The minimum atomic E-state index is -0.957. The van der Waals surface area contributed by atoms with E-state index in [1.165, 1.54) is 11.0 Å². The largest absolute Gasteiger partial charge is 0.390 e. The van der Waals surface area contributed by atoms with E-state index in [0.29, 0.717) is 19.3 Å². The lowest BCUT2D eigenvalue weighted by Crippen LogP contribution is -2.25. The average Bonchev–Trinajstić information content (AvgIpc) is 2.63. The van der Waals surface area contributed by atoms with Crippen LogP contribution in [-0.2, 0) is 4.79 Å². The van der Waals surface area contributed by atoms with Crippen LogP contribution in [0.2, 0.25) is 0 Å². The molecule has 1 amide bonds. The zero-order valence-corrected chi connectivity index (χ0v) is 17.9. The highest BCUT2D eigenvalue weighted by molar-refractivity contribution is 5.75. The van der Waals surface area contributed by atoms with E-state index in [2.05, 4.69) is 6.92 Å². The standard InChI is InChI=1S/C23H39NO4/c1-5-6-12-18-23(2,28)19-13-10-8-7-9-11-15-20(25)21(26)16-14-17-22(27)24(3)4/h7-11,13,15,19-21,25-26,28H,5-6,12,14,16-18H2,1-4H3/b9-7+,10-8-,15-11+,19-13+/t20-,21+,23+/m1/s1. The first-order chi connectivity index (χ1) is 13.2. The van der Waals surface area contributed by atoms with Gasteiger partial charge in [0.05, 0.1) is 17.8 Å². The third-order valence-electron chi connectivity index (χ3n) is 4.39. The molecule has 0 aliphatic carbocycles. The topological polar surface area (TPSA) is 81.0 Å². The second-order valence-corrected chi connectivity index (χ2v) is 7.57. The SMILES string of the molecule is CCCCC[C@](C)(O)/C=C/C=C\C=C\C=C\[C@@H](O)[C@@H](O)CCCC(=O)N(C)C. The van der Waals surface area contributed by atoms with Crippen molar-refractivity contribution >= 4 is 5.91 Å². The molecule has 3 N–H and O–H groups in total. The maximum atomic E-state index is 11.5. The average molecular weight is 394 g/mol. The Labute approximate surface area is 170 Å². The van der Waals surface area contributed by atoms with Crippen molar-refractivity contribution in [3.8, 4) is 0 Å². The molecule has 0 aliphatic heterocycles. The van der Waals surface area contributed by atoms with Crippen molar-refractivity contribution in [1.82, 2.24) is 4.90 Å². The van der Waals surface area contributed by atoms with Crippen molar-refractivity contribution in [1.29, 1.82) is 0 Å². The van der Waals surface area contributed by atoms with Crippen molar-refractivity contribution < 1.29 is 20.1 Å². The number of aliphatic hydroxyl groups is 3. The normalized spacial score (nSPS) is 17.0. The molecule has 0 saturated carbocycles. The second-order valence-electron chi connectivity index (χ2n) is 7.57. The maximum Gasteiger partial charge on any atom is 0.222 e. The fourth-order valence-corrected chi connectivity index (χ4v) is 2.50. The Hall–Kier alpha value is -1.69. The predicted octanol–water partition coefficient (Wildman–Crippen LogP) is 3.52. The zero-order valence-electron chi connectivity index (χ0n) is 17.9. The molecule has 0 spiro atoms. The van der Waals surface area contributed by atoms with E-state index in [0.717, 1.165) is 25.7 Å².